The summed E-state index contributed by atoms with van der Waals surface area (Å²) in [6.45, 7) is 0. The number of benzene rings is 4. The van der Waals surface area contributed by atoms with Gasteiger partial charge >= 0.3 is 0 Å². The smallest absolute Gasteiger partial charge is 0.156 e. The molecule has 0 bridgehead atoms. The molecule has 0 saturated carbocycles. The lowest BCUT2D eigenvalue weighted by atomic mass is 9.66. The van der Waals surface area contributed by atoms with Crippen LogP contribution < -0.4 is 14.4 Å². The van der Waals surface area contributed by atoms with E-state index in [1.54, 1.807) is 6.07 Å². The van der Waals surface area contributed by atoms with E-state index in [4.69, 9.17) is 19.4 Å². The zero-order chi connectivity index (χ0) is 27.8. The molecule has 0 N–H and O–H groups in total. The van der Waals surface area contributed by atoms with Crippen molar-refractivity contribution in [2.24, 2.45) is 0 Å². The Morgan fingerprint density at radius 1 is 0.571 bits per heavy atom. The van der Waals surface area contributed by atoms with E-state index in [1.165, 1.54) is 0 Å². The highest BCUT2D eigenvalue weighted by Crippen LogP contribution is 2.64. The lowest BCUT2D eigenvalue weighted by Gasteiger charge is -2.41. The fourth-order valence-corrected chi connectivity index (χ4v) is 6.83. The van der Waals surface area contributed by atoms with E-state index >= 15 is 0 Å². The predicted molar refractivity (Wildman–Crippen MR) is 159 cm³/mol. The number of nitriles is 1. The highest BCUT2D eigenvalue weighted by atomic mass is 16.5. The molecule has 1 spiro atoms. The first-order valence-electron chi connectivity index (χ1n) is 13.7. The van der Waals surface area contributed by atoms with Crippen LogP contribution in [-0.2, 0) is 5.41 Å². The number of anilines is 3. The number of hydrogen-bond donors (Lipinski definition) is 0. The van der Waals surface area contributed by atoms with Gasteiger partial charge in [-0.3, -0.25) is 14.9 Å². The largest absolute Gasteiger partial charge is 0.454 e. The fraction of sp³-hybridized carbons (Fsp3) is 0.0278. The first-order chi connectivity index (χ1) is 20.8. The third-order valence-corrected chi connectivity index (χ3v) is 8.45. The number of nitrogens with zero attached hydrogens (tertiary/aromatic N) is 4. The second-order valence-electron chi connectivity index (χ2n) is 10.5. The Morgan fingerprint density at radius 2 is 1.21 bits per heavy atom. The Balaban J connectivity index is 1.39. The van der Waals surface area contributed by atoms with E-state index in [0.717, 1.165) is 62.2 Å². The molecule has 9 rings (SSSR count). The minimum atomic E-state index is -0.674. The van der Waals surface area contributed by atoms with Crippen LogP contribution in [0, 0.1) is 11.3 Å². The van der Waals surface area contributed by atoms with Crippen molar-refractivity contribution < 1.29 is 9.47 Å². The standard InChI is InChI=1S/C36H20N4O2/c37-21-22-16-17-28-32(20-22)41-31-15-4-2-12-27(31)40(28)29-13-5-9-26-35(29)42-30-14-3-1-8-23(30)36(26)24-10-6-18-38-33(24)34-25(36)11-7-19-39-34/h1-20H. The van der Waals surface area contributed by atoms with Crippen LogP contribution in [0.3, 0.4) is 0 Å². The minimum absolute atomic E-state index is 0.534. The molecule has 0 amide bonds. The van der Waals surface area contributed by atoms with Crippen molar-refractivity contribution in [1.82, 2.24) is 9.97 Å². The van der Waals surface area contributed by atoms with Gasteiger partial charge in [0.15, 0.2) is 17.2 Å². The number of para-hydroxylation sites is 4. The zero-order valence-corrected chi connectivity index (χ0v) is 22.2. The van der Waals surface area contributed by atoms with Crippen LogP contribution in [0.25, 0.3) is 11.4 Å². The summed E-state index contributed by atoms with van der Waals surface area (Å²) in [6, 6.07) is 38.6. The summed E-state index contributed by atoms with van der Waals surface area (Å²) in [4.78, 5) is 11.8. The fourth-order valence-electron chi connectivity index (χ4n) is 6.83. The van der Waals surface area contributed by atoms with Gasteiger partial charge in [0.25, 0.3) is 0 Å². The van der Waals surface area contributed by atoms with Crippen molar-refractivity contribution in [1.29, 1.82) is 5.26 Å². The quantitative estimate of drug-likeness (QED) is 0.208. The molecular formula is C36H20N4O2. The van der Waals surface area contributed by atoms with Gasteiger partial charge in [-0.25, -0.2) is 0 Å². The second kappa shape index (κ2) is 8.29. The van der Waals surface area contributed by atoms with Crippen LogP contribution in [0.4, 0.5) is 17.1 Å². The van der Waals surface area contributed by atoms with Crippen molar-refractivity contribution in [3.05, 3.63) is 149 Å². The van der Waals surface area contributed by atoms with Crippen molar-refractivity contribution in [3.8, 4) is 40.5 Å². The van der Waals surface area contributed by atoms with E-state index in [0.29, 0.717) is 17.1 Å². The molecular weight excluding hydrogens is 520 g/mol. The first kappa shape index (κ1) is 22.8. The molecule has 6 aromatic rings. The highest BCUT2D eigenvalue weighted by molar-refractivity contribution is 5.92. The van der Waals surface area contributed by atoms with E-state index in [-0.39, 0.29) is 0 Å². The summed E-state index contributed by atoms with van der Waals surface area (Å²) in [5.74, 6) is 2.84. The van der Waals surface area contributed by atoms with Gasteiger partial charge < -0.3 is 9.47 Å². The maximum atomic E-state index is 9.60. The predicted octanol–water partition coefficient (Wildman–Crippen LogP) is 8.39. The molecule has 0 unspecified atom stereocenters. The van der Waals surface area contributed by atoms with Crippen LogP contribution in [0.5, 0.6) is 23.0 Å². The normalized spacial score (nSPS) is 14.2. The highest BCUT2D eigenvalue weighted by Gasteiger charge is 2.53. The summed E-state index contributed by atoms with van der Waals surface area (Å²) >= 11 is 0. The Hall–Kier alpha value is -5.93. The van der Waals surface area contributed by atoms with E-state index in [1.807, 2.05) is 73.1 Å². The average Bonchev–Trinajstić information content (AvgIpc) is 3.34. The van der Waals surface area contributed by atoms with E-state index < -0.39 is 5.41 Å². The topological polar surface area (TPSA) is 71.3 Å². The monoisotopic (exact) mass is 540 g/mol. The molecule has 0 fully saturated rings. The number of aromatic nitrogens is 2. The SMILES string of the molecule is N#Cc1ccc2c(c1)Oc1ccccc1N2c1cccc2c1Oc1ccccc1C21c2cccnc2-c2ncccc21. The lowest BCUT2D eigenvalue weighted by Crippen LogP contribution is -2.33. The van der Waals surface area contributed by atoms with Gasteiger partial charge in [0.1, 0.15) is 5.75 Å². The molecule has 3 aliphatic rings. The molecule has 4 aromatic carbocycles. The van der Waals surface area contributed by atoms with Crippen molar-refractivity contribution in [2.45, 2.75) is 5.41 Å². The third-order valence-electron chi connectivity index (χ3n) is 8.45. The van der Waals surface area contributed by atoms with Crippen LogP contribution in [0.1, 0.15) is 27.8 Å². The molecule has 2 aliphatic heterocycles. The van der Waals surface area contributed by atoms with Crippen molar-refractivity contribution in [3.63, 3.8) is 0 Å². The maximum Gasteiger partial charge on any atom is 0.156 e. The number of hydrogen-bond acceptors (Lipinski definition) is 6. The van der Waals surface area contributed by atoms with Crippen molar-refractivity contribution >= 4 is 17.1 Å². The Labute approximate surface area is 241 Å². The molecule has 0 radical (unpaired) electrons. The van der Waals surface area contributed by atoms with Gasteiger partial charge in [0.2, 0.25) is 0 Å². The summed E-state index contributed by atoms with van der Waals surface area (Å²) in [6.07, 6.45) is 3.66. The molecule has 1 aliphatic carbocycles. The van der Waals surface area contributed by atoms with Gasteiger partial charge in [0.05, 0.1) is 45.5 Å². The minimum Gasteiger partial charge on any atom is -0.454 e. The first-order valence-corrected chi connectivity index (χ1v) is 13.7. The van der Waals surface area contributed by atoms with Crippen LogP contribution in [-0.4, -0.2) is 9.97 Å². The van der Waals surface area contributed by atoms with Crippen LogP contribution in [0.2, 0.25) is 0 Å². The van der Waals surface area contributed by atoms with Gasteiger partial charge in [-0.15, -0.1) is 0 Å². The molecule has 0 saturated heterocycles. The van der Waals surface area contributed by atoms with Gasteiger partial charge in [0, 0.05) is 29.6 Å². The maximum absolute atomic E-state index is 9.60. The summed E-state index contributed by atoms with van der Waals surface area (Å²) in [7, 11) is 0. The Bertz CT molecular complexity index is 2100. The molecule has 0 atom stereocenters. The summed E-state index contributed by atoms with van der Waals surface area (Å²) in [5.41, 5.74) is 8.42. The van der Waals surface area contributed by atoms with Gasteiger partial charge in [-0.05, 0) is 59.7 Å². The van der Waals surface area contributed by atoms with Gasteiger partial charge in [-0.1, -0.05) is 54.6 Å². The molecule has 6 nitrogen and oxygen atoms in total. The average molecular weight is 541 g/mol. The molecule has 42 heavy (non-hydrogen) atoms. The number of fused-ring (bicyclic) bond motifs is 11. The third kappa shape index (κ3) is 2.81. The number of ether oxygens (including phenoxy) is 2. The second-order valence-corrected chi connectivity index (χ2v) is 10.5. The van der Waals surface area contributed by atoms with E-state index in [9.17, 15) is 5.26 Å². The Kier molecular flexibility index (Phi) is 4.51. The summed E-state index contributed by atoms with van der Waals surface area (Å²) < 4.78 is 13.2. The summed E-state index contributed by atoms with van der Waals surface area (Å²) in [5, 5.41) is 9.60. The molecule has 6 heteroatoms. The Morgan fingerprint density at radius 3 is 2.00 bits per heavy atom. The zero-order valence-electron chi connectivity index (χ0n) is 22.2. The van der Waals surface area contributed by atoms with Crippen LogP contribution >= 0.6 is 0 Å². The lowest BCUT2D eigenvalue weighted by molar-refractivity contribution is 0.436. The van der Waals surface area contributed by atoms with E-state index in [2.05, 4.69) is 53.4 Å². The van der Waals surface area contributed by atoms with Crippen molar-refractivity contribution in [2.75, 3.05) is 4.90 Å². The molecule has 2 aromatic heterocycles. The van der Waals surface area contributed by atoms with Gasteiger partial charge in [-0.2, -0.15) is 5.26 Å². The number of pyridine rings is 2. The number of rotatable bonds is 1. The van der Waals surface area contributed by atoms with Crippen LogP contribution in [0.15, 0.2) is 122 Å². The molecule has 4 heterocycles. The molecule has 196 valence electrons.